The van der Waals surface area contributed by atoms with E-state index in [0.29, 0.717) is 5.75 Å². The molecular weight excluding hydrogens is 442 g/mol. The van der Waals surface area contributed by atoms with Crippen molar-refractivity contribution in [2.75, 3.05) is 7.11 Å². The standard InChI is InChI=1S/C29H25NO3S/c1-32-23-19-17-21(18-20-23)26-27(33-24-13-7-3-8-14-24)28(31)30(26)29(22-11-5-2-6-12-22)34-25-15-9-4-10-16-25/h2-20,26-27,29H,1H3/t26-,27+,29-/m0/s1. The zero-order chi connectivity index (χ0) is 23.3. The number of carbonyl (C=O) groups excluding carboxylic acids is 1. The molecule has 4 aromatic rings. The first-order valence-corrected chi connectivity index (χ1v) is 12.1. The Hall–Kier alpha value is -3.70. The molecule has 0 spiro atoms. The molecule has 0 unspecified atom stereocenters. The minimum atomic E-state index is -0.599. The number of benzene rings is 4. The van der Waals surface area contributed by atoms with E-state index >= 15 is 0 Å². The molecule has 0 saturated carbocycles. The molecule has 5 heteroatoms. The predicted molar refractivity (Wildman–Crippen MR) is 135 cm³/mol. The van der Waals surface area contributed by atoms with Crippen LogP contribution in [0, 0.1) is 0 Å². The van der Waals surface area contributed by atoms with Crippen LogP contribution in [0.3, 0.4) is 0 Å². The molecule has 0 bridgehead atoms. The number of nitrogens with zero attached hydrogens (tertiary/aromatic N) is 1. The maximum atomic E-state index is 13.6. The number of carbonyl (C=O) groups is 1. The lowest BCUT2D eigenvalue weighted by molar-refractivity contribution is -0.165. The summed E-state index contributed by atoms with van der Waals surface area (Å²) >= 11 is 1.67. The van der Waals surface area contributed by atoms with Gasteiger partial charge in [-0.05, 0) is 47.5 Å². The van der Waals surface area contributed by atoms with E-state index in [4.69, 9.17) is 9.47 Å². The van der Waals surface area contributed by atoms with Crippen LogP contribution in [0.4, 0.5) is 0 Å². The van der Waals surface area contributed by atoms with Gasteiger partial charge in [-0.15, -0.1) is 0 Å². The van der Waals surface area contributed by atoms with Crippen molar-refractivity contribution in [3.8, 4) is 11.5 Å². The first-order valence-electron chi connectivity index (χ1n) is 11.2. The number of β-lactam (4-membered cyclic amide) rings is 1. The third-order valence-electron chi connectivity index (χ3n) is 5.88. The molecule has 0 N–H and O–H groups in total. The largest absolute Gasteiger partial charge is 0.497 e. The molecule has 1 amide bonds. The third-order valence-corrected chi connectivity index (χ3v) is 7.14. The van der Waals surface area contributed by atoms with Crippen molar-refractivity contribution < 1.29 is 14.3 Å². The Bertz CT molecular complexity index is 1220. The first kappa shape index (κ1) is 22.1. The normalized spacial score (nSPS) is 18.1. The first-order chi connectivity index (χ1) is 16.7. The summed E-state index contributed by atoms with van der Waals surface area (Å²) in [5, 5.41) is -0.196. The Morgan fingerprint density at radius 3 is 1.94 bits per heavy atom. The number of rotatable bonds is 8. The molecule has 4 nitrogen and oxygen atoms in total. The van der Waals surface area contributed by atoms with Crippen molar-refractivity contribution >= 4 is 17.7 Å². The monoisotopic (exact) mass is 467 g/mol. The van der Waals surface area contributed by atoms with Gasteiger partial charge in [0.1, 0.15) is 22.9 Å². The Labute approximate surface area is 204 Å². The van der Waals surface area contributed by atoms with Gasteiger partial charge in [-0.1, -0.05) is 90.6 Å². The van der Waals surface area contributed by atoms with E-state index < -0.39 is 6.10 Å². The molecule has 4 aromatic carbocycles. The van der Waals surface area contributed by atoms with Crippen molar-refractivity contribution in [1.29, 1.82) is 0 Å². The van der Waals surface area contributed by atoms with Gasteiger partial charge in [0.15, 0.2) is 0 Å². The number of likely N-dealkylation sites (tertiary alicyclic amines) is 1. The van der Waals surface area contributed by atoms with Gasteiger partial charge in [0.2, 0.25) is 6.10 Å². The van der Waals surface area contributed by atoms with Crippen molar-refractivity contribution in [1.82, 2.24) is 4.90 Å². The minimum Gasteiger partial charge on any atom is -0.497 e. The Kier molecular flexibility index (Phi) is 6.54. The molecule has 0 radical (unpaired) electrons. The molecule has 1 fully saturated rings. The average Bonchev–Trinajstić information content (AvgIpc) is 2.91. The highest BCUT2D eigenvalue weighted by Crippen LogP contribution is 2.49. The Morgan fingerprint density at radius 2 is 1.32 bits per heavy atom. The fourth-order valence-corrected chi connectivity index (χ4v) is 5.39. The molecule has 0 aliphatic carbocycles. The number of hydrogen-bond donors (Lipinski definition) is 0. The second-order valence-corrected chi connectivity index (χ2v) is 9.16. The summed E-state index contributed by atoms with van der Waals surface area (Å²) in [5.41, 5.74) is 2.08. The van der Waals surface area contributed by atoms with E-state index in [9.17, 15) is 4.79 Å². The van der Waals surface area contributed by atoms with Gasteiger partial charge in [0.05, 0.1) is 7.11 Å². The molecule has 5 rings (SSSR count). The highest BCUT2D eigenvalue weighted by molar-refractivity contribution is 7.99. The van der Waals surface area contributed by atoms with Crippen molar-refractivity contribution in [3.63, 3.8) is 0 Å². The highest BCUT2D eigenvalue weighted by Gasteiger charge is 2.53. The lowest BCUT2D eigenvalue weighted by Crippen LogP contribution is -2.61. The summed E-state index contributed by atoms with van der Waals surface area (Å²) < 4.78 is 11.6. The summed E-state index contributed by atoms with van der Waals surface area (Å²) in [4.78, 5) is 16.7. The quantitative estimate of drug-likeness (QED) is 0.219. The van der Waals surface area contributed by atoms with Gasteiger partial charge >= 0.3 is 0 Å². The van der Waals surface area contributed by atoms with Crippen molar-refractivity contribution in [2.24, 2.45) is 0 Å². The van der Waals surface area contributed by atoms with Gasteiger partial charge in [0.25, 0.3) is 5.91 Å². The number of hydrogen-bond acceptors (Lipinski definition) is 4. The number of methoxy groups -OCH3 is 1. The summed E-state index contributed by atoms with van der Waals surface area (Å²) in [5.74, 6) is 1.44. The van der Waals surface area contributed by atoms with E-state index in [1.807, 2.05) is 95.9 Å². The zero-order valence-electron chi connectivity index (χ0n) is 18.8. The number of ether oxygens (including phenoxy) is 2. The van der Waals surface area contributed by atoms with Gasteiger partial charge in [-0.25, -0.2) is 0 Å². The van der Waals surface area contributed by atoms with Gasteiger partial charge in [-0.2, -0.15) is 0 Å². The van der Waals surface area contributed by atoms with Crippen LogP contribution >= 0.6 is 11.8 Å². The van der Waals surface area contributed by atoms with E-state index in [2.05, 4.69) is 24.3 Å². The topological polar surface area (TPSA) is 38.8 Å². The number of amides is 1. The highest BCUT2D eigenvalue weighted by atomic mass is 32.2. The van der Waals surface area contributed by atoms with Crippen LogP contribution in [-0.4, -0.2) is 24.0 Å². The lowest BCUT2D eigenvalue weighted by atomic mass is 9.89. The van der Waals surface area contributed by atoms with Crippen LogP contribution in [0.2, 0.25) is 0 Å². The maximum Gasteiger partial charge on any atom is 0.268 e. The lowest BCUT2D eigenvalue weighted by Gasteiger charge is -2.50. The molecule has 0 aromatic heterocycles. The van der Waals surface area contributed by atoms with Crippen LogP contribution in [0.1, 0.15) is 22.5 Å². The van der Waals surface area contributed by atoms with Crippen LogP contribution in [0.15, 0.2) is 120 Å². The molecule has 1 aliphatic heterocycles. The average molecular weight is 468 g/mol. The summed E-state index contributed by atoms with van der Waals surface area (Å²) in [6, 6.07) is 37.5. The van der Waals surface area contributed by atoms with Crippen LogP contribution < -0.4 is 9.47 Å². The fraction of sp³-hybridized carbons (Fsp3) is 0.138. The Balaban J connectivity index is 1.53. The van der Waals surface area contributed by atoms with Crippen LogP contribution in [-0.2, 0) is 4.79 Å². The van der Waals surface area contributed by atoms with Crippen LogP contribution in [0.25, 0.3) is 0 Å². The molecular formula is C29H25NO3S. The summed E-state index contributed by atoms with van der Waals surface area (Å²) in [6.45, 7) is 0. The third kappa shape index (κ3) is 4.52. The van der Waals surface area contributed by atoms with E-state index in [1.54, 1.807) is 18.9 Å². The van der Waals surface area contributed by atoms with Gasteiger partial charge < -0.3 is 14.4 Å². The number of thioether (sulfide) groups is 1. The SMILES string of the molecule is COc1ccc([C@H]2[C@@H](Oc3ccccc3)C(=O)N2[C@@H](Sc2ccccc2)c2ccccc2)cc1. The Morgan fingerprint density at radius 1 is 0.735 bits per heavy atom. The van der Waals surface area contributed by atoms with E-state index in [1.165, 1.54) is 0 Å². The molecule has 1 heterocycles. The van der Waals surface area contributed by atoms with Gasteiger partial charge in [-0.3, -0.25) is 4.79 Å². The van der Waals surface area contributed by atoms with Crippen LogP contribution in [0.5, 0.6) is 11.5 Å². The molecule has 1 aliphatic rings. The van der Waals surface area contributed by atoms with E-state index in [-0.39, 0.29) is 17.3 Å². The van der Waals surface area contributed by atoms with Crippen molar-refractivity contribution in [3.05, 3.63) is 126 Å². The van der Waals surface area contributed by atoms with Gasteiger partial charge in [0, 0.05) is 4.90 Å². The minimum absolute atomic E-state index is 0.0260. The predicted octanol–water partition coefficient (Wildman–Crippen LogP) is 6.52. The molecule has 34 heavy (non-hydrogen) atoms. The second kappa shape index (κ2) is 10.1. The fourth-order valence-electron chi connectivity index (χ4n) is 4.17. The summed E-state index contributed by atoms with van der Waals surface area (Å²) in [6.07, 6.45) is -0.599. The summed E-state index contributed by atoms with van der Waals surface area (Å²) in [7, 11) is 1.65. The molecule has 3 atom stereocenters. The second-order valence-electron chi connectivity index (χ2n) is 8.01. The smallest absolute Gasteiger partial charge is 0.268 e. The molecule has 170 valence electrons. The van der Waals surface area contributed by atoms with Crippen molar-refractivity contribution in [2.45, 2.75) is 22.4 Å². The molecule has 1 saturated heterocycles. The zero-order valence-corrected chi connectivity index (χ0v) is 19.6. The van der Waals surface area contributed by atoms with E-state index in [0.717, 1.165) is 21.8 Å². The maximum absolute atomic E-state index is 13.6. The number of para-hydroxylation sites is 1.